The molecule has 3 rings (SSSR count). The van der Waals surface area contributed by atoms with Gasteiger partial charge in [0.25, 0.3) is 0 Å². The van der Waals surface area contributed by atoms with E-state index in [-0.39, 0.29) is 5.92 Å². The van der Waals surface area contributed by atoms with Gasteiger partial charge in [-0.05, 0) is 69.3 Å². The molecule has 3 nitrogen and oxygen atoms in total. The van der Waals surface area contributed by atoms with Gasteiger partial charge in [-0.25, -0.2) is 0 Å². The molecule has 0 amide bonds. The number of ketones is 1. The van der Waals surface area contributed by atoms with Gasteiger partial charge in [-0.15, -0.1) is 0 Å². The molecular formula is C19H27NO2. The molecule has 1 aromatic carbocycles. The average molecular weight is 301 g/mol. The Bertz CT molecular complexity index is 540. The molecule has 1 aliphatic heterocycles. The molecule has 2 fully saturated rings. The van der Waals surface area contributed by atoms with Crippen LogP contribution in [0.5, 0.6) is 5.75 Å². The van der Waals surface area contributed by atoms with Gasteiger partial charge in [0.1, 0.15) is 5.75 Å². The van der Waals surface area contributed by atoms with Gasteiger partial charge >= 0.3 is 0 Å². The molecule has 1 saturated heterocycles. The van der Waals surface area contributed by atoms with E-state index in [1.165, 1.54) is 25.8 Å². The van der Waals surface area contributed by atoms with E-state index in [1.807, 2.05) is 26.0 Å². The van der Waals surface area contributed by atoms with E-state index in [4.69, 9.17) is 4.74 Å². The number of ether oxygens (including phenoxy) is 1. The van der Waals surface area contributed by atoms with Gasteiger partial charge < -0.3 is 4.74 Å². The fourth-order valence-electron chi connectivity index (χ4n) is 3.95. The van der Waals surface area contributed by atoms with Crippen molar-refractivity contribution >= 4 is 5.78 Å². The van der Waals surface area contributed by atoms with Crippen LogP contribution in [0.1, 0.15) is 53.6 Å². The van der Waals surface area contributed by atoms with E-state index >= 15 is 0 Å². The van der Waals surface area contributed by atoms with E-state index < -0.39 is 0 Å². The second-order valence-electron chi connectivity index (χ2n) is 6.93. The van der Waals surface area contributed by atoms with Crippen LogP contribution in [-0.2, 0) is 0 Å². The lowest BCUT2D eigenvalue weighted by Gasteiger charge is -2.42. The van der Waals surface area contributed by atoms with Crippen molar-refractivity contribution in [2.24, 2.45) is 5.92 Å². The lowest BCUT2D eigenvalue weighted by atomic mass is 9.85. The van der Waals surface area contributed by atoms with Crippen LogP contribution in [0.2, 0.25) is 0 Å². The number of likely N-dealkylation sites (tertiary alicyclic amines) is 1. The molecule has 2 aliphatic rings. The smallest absolute Gasteiger partial charge is 0.167 e. The third kappa shape index (κ3) is 2.91. The number of benzene rings is 1. The van der Waals surface area contributed by atoms with Gasteiger partial charge in [-0.3, -0.25) is 9.69 Å². The maximum atomic E-state index is 12.9. The van der Waals surface area contributed by atoms with Crippen LogP contribution < -0.4 is 4.74 Å². The Kier molecular flexibility index (Phi) is 4.53. The lowest BCUT2D eigenvalue weighted by Crippen LogP contribution is -2.47. The Labute approximate surface area is 133 Å². The van der Waals surface area contributed by atoms with Gasteiger partial charge in [0.15, 0.2) is 5.78 Å². The Morgan fingerprint density at radius 1 is 1.14 bits per heavy atom. The van der Waals surface area contributed by atoms with Crippen molar-refractivity contribution < 1.29 is 9.53 Å². The van der Waals surface area contributed by atoms with Crippen molar-refractivity contribution in [2.75, 3.05) is 20.2 Å². The monoisotopic (exact) mass is 301 g/mol. The van der Waals surface area contributed by atoms with E-state index in [1.54, 1.807) is 7.11 Å². The predicted octanol–water partition coefficient (Wildman–Crippen LogP) is 3.76. The molecule has 22 heavy (non-hydrogen) atoms. The first kappa shape index (κ1) is 15.5. The Morgan fingerprint density at radius 3 is 2.36 bits per heavy atom. The fourth-order valence-corrected chi connectivity index (χ4v) is 3.95. The minimum atomic E-state index is 0.168. The highest BCUT2D eigenvalue weighted by Gasteiger charge is 2.32. The molecule has 1 aliphatic carbocycles. The summed E-state index contributed by atoms with van der Waals surface area (Å²) in [5.41, 5.74) is 2.96. The predicted molar refractivity (Wildman–Crippen MR) is 88.7 cm³/mol. The normalized spacial score (nSPS) is 23.1. The molecule has 3 heteroatoms. The maximum Gasteiger partial charge on any atom is 0.167 e. The van der Waals surface area contributed by atoms with Gasteiger partial charge in [0.05, 0.1) is 7.11 Å². The summed E-state index contributed by atoms with van der Waals surface area (Å²) in [4.78, 5) is 15.5. The molecule has 0 spiro atoms. The summed E-state index contributed by atoms with van der Waals surface area (Å²) >= 11 is 0. The molecule has 0 bridgehead atoms. The second-order valence-corrected chi connectivity index (χ2v) is 6.93. The molecule has 1 saturated carbocycles. The standard InChI is InChI=1S/C19H27NO2/c1-13-10-16(11-14(2)19(13)22-3)18(21)15-6-5-9-20(12-15)17-7-4-8-17/h10-11,15,17H,4-9,12H2,1-3H3. The SMILES string of the molecule is COc1c(C)cc(C(=O)C2CCCN(C3CCC3)C2)cc1C. The zero-order valence-electron chi connectivity index (χ0n) is 14.0. The number of aryl methyl sites for hydroxylation is 2. The highest BCUT2D eigenvalue weighted by Crippen LogP contribution is 2.31. The number of hydrogen-bond acceptors (Lipinski definition) is 3. The van der Waals surface area contributed by atoms with Crippen molar-refractivity contribution in [3.63, 3.8) is 0 Å². The molecule has 120 valence electrons. The summed E-state index contributed by atoms with van der Waals surface area (Å²) in [6, 6.07) is 4.74. The van der Waals surface area contributed by atoms with Gasteiger partial charge in [0, 0.05) is 24.1 Å². The molecular weight excluding hydrogens is 274 g/mol. The first-order chi connectivity index (χ1) is 10.6. The second kappa shape index (κ2) is 6.41. The number of methoxy groups -OCH3 is 1. The summed E-state index contributed by atoms with van der Waals surface area (Å²) < 4.78 is 5.41. The van der Waals surface area contributed by atoms with Crippen LogP contribution in [0.3, 0.4) is 0 Å². The number of nitrogens with zero attached hydrogens (tertiary/aromatic N) is 1. The summed E-state index contributed by atoms with van der Waals surface area (Å²) in [5, 5.41) is 0. The van der Waals surface area contributed by atoms with E-state index in [9.17, 15) is 4.79 Å². The molecule has 1 aromatic rings. The zero-order valence-corrected chi connectivity index (χ0v) is 14.0. The summed E-state index contributed by atoms with van der Waals surface area (Å²) in [6.07, 6.45) is 6.19. The number of Topliss-reactive ketones (excluding diaryl/α,β-unsaturated/α-hetero) is 1. The minimum absolute atomic E-state index is 0.168. The summed E-state index contributed by atoms with van der Waals surface area (Å²) in [5.74, 6) is 1.38. The van der Waals surface area contributed by atoms with Crippen LogP contribution in [0.4, 0.5) is 0 Å². The topological polar surface area (TPSA) is 29.5 Å². The Morgan fingerprint density at radius 2 is 1.82 bits per heavy atom. The van der Waals surface area contributed by atoms with Crippen LogP contribution in [-0.4, -0.2) is 36.9 Å². The summed E-state index contributed by atoms with van der Waals surface area (Å²) in [6.45, 7) is 6.16. The molecule has 1 heterocycles. The van der Waals surface area contributed by atoms with Crippen LogP contribution >= 0.6 is 0 Å². The quantitative estimate of drug-likeness (QED) is 0.793. The number of carbonyl (C=O) groups is 1. The first-order valence-electron chi connectivity index (χ1n) is 8.53. The van der Waals surface area contributed by atoms with Crippen LogP contribution in [0.15, 0.2) is 12.1 Å². The Hall–Kier alpha value is -1.35. The maximum absolute atomic E-state index is 12.9. The molecule has 1 atom stereocenters. The van der Waals surface area contributed by atoms with Gasteiger partial charge in [0.2, 0.25) is 0 Å². The molecule has 1 unspecified atom stereocenters. The zero-order chi connectivity index (χ0) is 15.7. The van der Waals surface area contributed by atoms with Crippen LogP contribution in [0, 0.1) is 19.8 Å². The third-order valence-electron chi connectivity index (χ3n) is 5.36. The number of carbonyl (C=O) groups excluding carboxylic acids is 1. The highest BCUT2D eigenvalue weighted by molar-refractivity contribution is 5.98. The average Bonchev–Trinajstić information content (AvgIpc) is 2.44. The van der Waals surface area contributed by atoms with Crippen molar-refractivity contribution in [1.29, 1.82) is 0 Å². The molecule has 0 radical (unpaired) electrons. The van der Waals surface area contributed by atoms with Crippen molar-refractivity contribution in [1.82, 2.24) is 4.90 Å². The van der Waals surface area contributed by atoms with Crippen molar-refractivity contribution in [3.8, 4) is 5.75 Å². The first-order valence-corrected chi connectivity index (χ1v) is 8.53. The number of hydrogen-bond donors (Lipinski definition) is 0. The van der Waals surface area contributed by atoms with Gasteiger partial charge in [-0.2, -0.15) is 0 Å². The Balaban J connectivity index is 1.75. The summed E-state index contributed by atoms with van der Waals surface area (Å²) in [7, 11) is 1.69. The number of piperidine rings is 1. The largest absolute Gasteiger partial charge is 0.496 e. The van der Waals surface area contributed by atoms with Gasteiger partial charge in [-0.1, -0.05) is 6.42 Å². The van der Waals surface area contributed by atoms with Crippen molar-refractivity contribution in [2.45, 2.75) is 52.0 Å². The molecule has 0 aromatic heterocycles. The van der Waals surface area contributed by atoms with Crippen molar-refractivity contribution in [3.05, 3.63) is 28.8 Å². The lowest BCUT2D eigenvalue weighted by molar-refractivity contribution is 0.0612. The van der Waals surface area contributed by atoms with Crippen LogP contribution in [0.25, 0.3) is 0 Å². The minimum Gasteiger partial charge on any atom is -0.496 e. The third-order valence-corrected chi connectivity index (χ3v) is 5.36. The fraction of sp³-hybridized carbons (Fsp3) is 0.632. The number of rotatable bonds is 4. The van der Waals surface area contributed by atoms with E-state index in [0.29, 0.717) is 5.78 Å². The highest BCUT2D eigenvalue weighted by atomic mass is 16.5. The van der Waals surface area contributed by atoms with E-state index in [0.717, 1.165) is 47.9 Å². The molecule has 0 N–H and O–H groups in total. The van der Waals surface area contributed by atoms with E-state index in [2.05, 4.69) is 4.90 Å².